The van der Waals surface area contributed by atoms with Crippen molar-refractivity contribution in [1.29, 1.82) is 0 Å². The number of fused-ring (bicyclic) bond motifs is 1. The molecule has 0 saturated heterocycles. The molecular weight excluding hydrogens is 669 g/mol. The maximum absolute atomic E-state index is 11.6. The molecule has 1 heterocycles. The summed E-state index contributed by atoms with van der Waals surface area (Å²) >= 11 is 1.56. The zero-order chi connectivity index (χ0) is 36.3. The van der Waals surface area contributed by atoms with Crippen LogP contribution >= 0.6 is 11.8 Å². The standard InChI is InChI=1S/C43H50N4O4S/c1-4-6-7-8-12-26-50-40-27-35(24-21-32(40)28-44-33-22-19-31(20-23-33)36(5-2)42(48)49)52-43-46-45-41(47(43)34-14-10-9-11-15-34)29-51-39-25-18-30(3)37-16-13-17-38(37)39/h9-11,14-15,18-25,27,36,44H,4-8,12-13,16-17,26,28-29H2,1-3H3,(H,48,49). The van der Waals surface area contributed by atoms with Crippen molar-refractivity contribution in [2.45, 2.75) is 108 Å². The molecule has 8 nitrogen and oxygen atoms in total. The number of aromatic nitrogens is 3. The summed E-state index contributed by atoms with van der Waals surface area (Å²) in [4.78, 5) is 12.6. The number of para-hydroxylation sites is 1. The van der Waals surface area contributed by atoms with Crippen molar-refractivity contribution in [3.63, 3.8) is 0 Å². The molecule has 6 rings (SSSR count). The average Bonchev–Trinajstić information content (AvgIpc) is 3.82. The molecule has 0 saturated carbocycles. The average molecular weight is 719 g/mol. The van der Waals surface area contributed by atoms with Crippen LogP contribution in [0, 0.1) is 6.92 Å². The molecule has 4 aromatic carbocycles. The molecule has 1 unspecified atom stereocenters. The van der Waals surface area contributed by atoms with Crippen LogP contribution in [0.2, 0.25) is 0 Å². The number of hydrogen-bond donors (Lipinski definition) is 2. The van der Waals surface area contributed by atoms with Gasteiger partial charge in [-0.1, -0.05) is 82.0 Å². The molecule has 1 atom stereocenters. The first kappa shape index (κ1) is 37.0. The lowest BCUT2D eigenvalue weighted by molar-refractivity contribution is -0.138. The highest BCUT2D eigenvalue weighted by Crippen LogP contribution is 2.36. The Kier molecular flexibility index (Phi) is 12.9. The van der Waals surface area contributed by atoms with Crippen molar-refractivity contribution in [3.8, 4) is 17.2 Å². The van der Waals surface area contributed by atoms with Crippen LogP contribution < -0.4 is 14.8 Å². The Hall–Kier alpha value is -4.76. The number of carboxylic acid groups (broad SMARTS) is 1. The maximum Gasteiger partial charge on any atom is 0.310 e. The van der Waals surface area contributed by atoms with Crippen molar-refractivity contribution in [1.82, 2.24) is 14.8 Å². The van der Waals surface area contributed by atoms with E-state index in [0.29, 0.717) is 26.2 Å². The van der Waals surface area contributed by atoms with E-state index < -0.39 is 11.9 Å². The minimum Gasteiger partial charge on any atom is -0.493 e. The Morgan fingerprint density at radius 3 is 2.44 bits per heavy atom. The molecule has 0 aliphatic heterocycles. The van der Waals surface area contributed by atoms with E-state index in [4.69, 9.17) is 9.47 Å². The summed E-state index contributed by atoms with van der Waals surface area (Å²) in [6, 6.07) is 28.5. The van der Waals surface area contributed by atoms with Gasteiger partial charge in [0.25, 0.3) is 0 Å². The largest absolute Gasteiger partial charge is 0.493 e. The summed E-state index contributed by atoms with van der Waals surface area (Å²) in [5.41, 5.74) is 7.85. The third-order valence-corrected chi connectivity index (χ3v) is 10.7. The van der Waals surface area contributed by atoms with Crippen molar-refractivity contribution >= 4 is 23.4 Å². The van der Waals surface area contributed by atoms with E-state index in [2.05, 4.69) is 76.4 Å². The summed E-state index contributed by atoms with van der Waals surface area (Å²) in [5.74, 6) is 1.22. The maximum atomic E-state index is 11.6. The van der Waals surface area contributed by atoms with Gasteiger partial charge in [0.15, 0.2) is 5.82 Å². The Morgan fingerprint density at radius 2 is 1.67 bits per heavy atom. The molecule has 9 heteroatoms. The lowest BCUT2D eigenvalue weighted by Crippen LogP contribution is -2.10. The fourth-order valence-corrected chi connectivity index (χ4v) is 7.78. The number of benzene rings is 4. The van der Waals surface area contributed by atoms with Gasteiger partial charge in [0.2, 0.25) is 5.16 Å². The molecule has 0 bridgehead atoms. The van der Waals surface area contributed by atoms with E-state index in [1.807, 2.05) is 49.4 Å². The van der Waals surface area contributed by atoms with Crippen LogP contribution in [0.5, 0.6) is 11.5 Å². The first-order valence-corrected chi connectivity index (χ1v) is 19.5. The minimum absolute atomic E-state index is 0.311. The number of unbranched alkanes of at least 4 members (excludes halogenated alkanes) is 4. The molecule has 0 spiro atoms. The summed E-state index contributed by atoms with van der Waals surface area (Å²) in [6.07, 6.45) is 9.70. The molecule has 1 aliphatic rings. The predicted octanol–water partition coefficient (Wildman–Crippen LogP) is 10.3. The zero-order valence-electron chi connectivity index (χ0n) is 30.6. The Balaban J connectivity index is 1.21. The number of anilines is 1. The van der Waals surface area contributed by atoms with Crippen molar-refractivity contribution in [3.05, 3.63) is 119 Å². The van der Waals surface area contributed by atoms with Crippen LogP contribution in [0.15, 0.2) is 95.0 Å². The van der Waals surface area contributed by atoms with Crippen molar-refractivity contribution < 1.29 is 19.4 Å². The van der Waals surface area contributed by atoms with Gasteiger partial charge in [0.05, 0.1) is 12.5 Å². The summed E-state index contributed by atoms with van der Waals surface area (Å²) in [7, 11) is 0. The molecular formula is C43H50N4O4S. The fourth-order valence-electron chi connectivity index (χ4n) is 6.88. The number of carbonyl (C=O) groups is 1. The molecule has 272 valence electrons. The van der Waals surface area contributed by atoms with Gasteiger partial charge in [0, 0.05) is 28.4 Å². The molecule has 52 heavy (non-hydrogen) atoms. The van der Waals surface area contributed by atoms with Gasteiger partial charge in [-0.2, -0.15) is 0 Å². The molecule has 5 aromatic rings. The summed E-state index contributed by atoms with van der Waals surface area (Å²) in [5, 5.41) is 23.1. The van der Waals surface area contributed by atoms with Crippen LogP contribution in [0.4, 0.5) is 5.69 Å². The second kappa shape index (κ2) is 18.1. The first-order valence-electron chi connectivity index (χ1n) is 18.7. The van der Waals surface area contributed by atoms with Gasteiger partial charge >= 0.3 is 5.97 Å². The summed E-state index contributed by atoms with van der Waals surface area (Å²) < 4.78 is 15.0. The number of aliphatic carboxylic acids is 1. The quantitative estimate of drug-likeness (QED) is 0.0815. The second-order valence-corrected chi connectivity index (χ2v) is 14.5. The smallest absolute Gasteiger partial charge is 0.310 e. The van der Waals surface area contributed by atoms with Crippen LogP contribution in [-0.4, -0.2) is 32.4 Å². The van der Waals surface area contributed by atoms with Crippen LogP contribution in [0.1, 0.15) is 98.4 Å². The van der Waals surface area contributed by atoms with Gasteiger partial charge < -0.3 is 19.9 Å². The van der Waals surface area contributed by atoms with Gasteiger partial charge in [-0.15, -0.1) is 10.2 Å². The van der Waals surface area contributed by atoms with E-state index >= 15 is 0 Å². The molecule has 1 aromatic heterocycles. The van der Waals surface area contributed by atoms with Crippen LogP contribution in [-0.2, 0) is 30.8 Å². The topological polar surface area (TPSA) is 98.5 Å². The van der Waals surface area contributed by atoms with Gasteiger partial charge in [0.1, 0.15) is 18.1 Å². The normalized spacial score (nSPS) is 12.8. The SMILES string of the molecule is CCCCCCCOc1cc(Sc2nnc(COc3ccc(C)c4c3CCC4)n2-c2ccccc2)ccc1CNc1ccc(C(CC)C(=O)O)cc1. The lowest BCUT2D eigenvalue weighted by atomic mass is 9.96. The lowest BCUT2D eigenvalue weighted by Gasteiger charge is -2.16. The highest BCUT2D eigenvalue weighted by Gasteiger charge is 2.21. The number of carboxylic acids is 1. The fraction of sp³-hybridized carbons (Fsp3) is 0.372. The van der Waals surface area contributed by atoms with E-state index in [9.17, 15) is 9.90 Å². The Morgan fingerprint density at radius 1 is 0.885 bits per heavy atom. The van der Waals surface area contributed by atoms with Gasteiger partial charge in [-0.25, -0.2) is 0 Å². The molecule has 0 amide bonds. The number of ether oxygens (including phenoxy) is 2. The zero-order valence-corrected chi connectivity index (χ0v) is 31.4. The van der Waals surface area contributed by atoms with E-state index in [-0.39, 0.29) is 0 Å². The van der Waals surface area contributed by atoms with Crippen LogP contribution in [0.25, 0.3) is 5.69 Å². The molecule has 0 fully saturated rings. The van der Waals surface area contributed by atoms with Gasteiger partial charge in [-0.3, -0.25) is 9.36 Å². The highest BCUT2D eigenvalue weighted by molar-refractivity contribution is 7.99. The number of nitrogens with zero attached hydrogens (tertiary/aromatic N) is 3. The Labute approximate surface area is 312 Å². The molecule has 0 radical (unpaired) electrons. The number of hydrogen-bond acceptors (Lipinski definition) is 7. The molecule has 1 aliphatic carbocycles. The van der Waals surface area contributed by atoms with Crippen molar-refractivity contribution in [2.75, 3.05) is 11.9 Å². The number of nitrogens with one attached hydrogen (secondary N) is 1. The van der Waals surface area contributed by atoms with Crippen molar-refractivity contribution in [2.24, 2.45) is 0 Å². The predicted molar refractivity (Wildman–Crippen MR) is 208 cm³/mol. The number of aryl methyl sites for hydroxylation is 1. The second-order valence-electron chi connectivity index (χ2n) is 13.5. The van der Waals surface area contributed by atoms with Gasteiger partial charge in [-0.05, 0) is 116 Å². The first-order chi connectivity index (χ1) is 25.4. The minimum atomic E-state index is -0.797. The Bertz CT molecular complexity index is 1930. The number of rotatable bonds is 19. The third-order valence-electron chi connectivity index (χ3n) is 9.80. The monoisotopic (exact) mass is 718 g/mol. The van der Waals surface area contributed by atoms with E-state index in [0.717, 1.165) is 82.0 Å². The summed E-state index contributed by atoms with van der Waals surface area (Å²) in [6.45, 7) is 7.83. The third kappa shape index (κ3) is 9.17. The highest BCUT2D eigenvalue weighted by atomic mass is 32.2. The molecule has 2 N–H and O–H groups in total. The van der Waals surface area contributed by atoms with E-state index in [1.54, 1.807) is 11.8 Å². The van der Waals surface area contributed by atoms with Crippen LogP contribution in [0.3, 0.4) is 0 Å². The van der Waals surface area contributed by atoms with E-state index in [1.165, 1.54) is 36.0 Å².